The van der Waals surface area contributed by atoms with Crippen molar-refractivity contribution >= 4 is 0 Å². The van der Waals surface area contributed by atoms with Crippen molar-refractivity contribution in [2.75, 3.05) is 0 Å². The van der Waals surface area contributed by atoms with Crippen molar-refractivity contribution in [2.45, 2.75) is 40.0 Å². The van der Waals surface area contributed by atoms with E-state index in [1.54, 1.807) is 0 Å². The molecule has 2 aliphatic rings. The Morgan fingerprint density at radius 3 is 2.22 bits per heavy atom. The molecule has 2 aliphatic carbocycles. The van der Waals surface area contributed by atoms with Gasteiger partial charge in [-0.1, -0.05) is 27.2 Å². The van der Waals surface area contributed by atoms with Gasteiger partial charge in [0.1, 0.15) is 0 Å². The third-order valence-electron chi connectivity index (χ3n) is 3.64. The lowest BCUT2D eigenvalue weighted by atomic mass is 9.64. The van der Waals surface area contributed by atoms with Gasteiger partial charge in [0.05, 0.1) is 0 Å². The molecule has 0 amide bonds. The van der Waals surface area contributed by atoms with Gasteiger partial charge in [-0.15, -0.1) is 0 Å². The van der Waals surface area contributed by atoms with Crippen LogP contribution in [0.25, 0.3) is 0 Å². The van der Waals surface area contributed by atoms with Crippen molar-refractivity contribution in [1.82, 2.24) is 0 Å². The van der Waals surface area contributed by atoms with E-state index in [-0.39, 0.29) is 0 Å². The summed E-state index contributed by atoms with van der Waals surface area (Å²) in [5.74, 6) is 1.11. The van der Waals surface area contributed by atoms with Gasteiger partial charge < -0.3 is 0 Å². The van der Waals surface area contributed by atoms with Crippen LogP contribution in [-0.2, 0) is 0 Å². The first-order valence-electron chi connectivity index (χ1n) is 4.11. The third-order valence-corrected chi connectivity index (χ3v) is 3.64. The van der Waals surface area contributed by atoms with E-state index in [0.717, 1.165) is 16.7 Å². The first-order chi connectivity index (χ1) is 4.11. The quantitative estimate of drug-likeness (QED) is 0.504. The summed E-state index contributed by atoms with van der Waals surface area (Å²) < 4.78 is 0. The zero-order chi connectivity index (χ0) is 6.70. The fourth-order valence-corrected chi connectivity index (χ4v) is 3.06. The summed E-state index contributed by atoms with van der Waals surface area (Å²) in [6.07, 6.45) is 4.47. The van der Waals surface area contributed by atoms with Gasteiger partial charge in [0.25, 0.3) is 0 Å². The van der Waals surface area contributed by atoms with Crippen molar-refractivity contribution < 1.29 is 0 Å². The minimum atomic E-state index is 0.718. The van der Waals surface area contributed by atoms with E-state index < -0.39 is 0 Å². The first-order valence-corrected chi connectivity index (χ1v) is 4.11. The van der Waals surface area contributed by atoms with Crippen LogP contribution in [0, 0.1) is 16.7 Å². The van der Waals surface area contributed by atoms with Crippen LogP contribution in [0.3, 0.4) is 0 Å². The van der Waals surface area contributed by atoms with Gasteiger partial charge in [-0.2, -0.15) is 0 Å². The monoisotopic (exact) mass is 124 g/mol. The highest BCUT2D eigenvalue weighted by Gasteiger charge is 2.69. The third kappa shape index (κ3) is 0.500. The number of fused-ring (bicyclic) bond motifs is 1. The van der Waals surface area contributed by atoms with E-state index >= 15 is 0 Å². The normalized spacial score (nSPS) is 51.7. The molecule has 0 saturated heterocycles. The second kappa shape index (κ2) is 1.21. The molecule has 0 aromatic heterocycles. The Morgan fingerprint density at radius 1 is 1.44 bits per heavy atom. The summed E-state index contributed by atoms with van der Waals surface area (Å²) >= 11 is 0. The molecule has 2 fully saturated rings. The van der Waals surface area contributed by atoms with Crippen molar-refractivity contribution in [3.8, 4) is 0 Å². The van der Waals surface area contributed by atoms with E-state index in [1.807, 2.05) is 0 Å². The van der Waals surface area contributed by atoms with Gasteiger partial charge >= 0.3 is 0 Å². The van der Waals surface area contributed by atoms with Gasteiger partial charge in [-0.25, -0.2) is 0 Å². The minimum Gasteiger partial charge on any atom is -0.0648 e. The summed E-state index contributed by atoms with van der Waals surface area (Å²) in [6, 6.07) is 0. The maximum absolute atomic E-state index is 2.42. The van der Waals surface area contributed by atoms with E-state index in [9.17, 15) is 0 Å². The molecule has 9 heavy (non-hydrogen) atoms. The molecule has 0 nitrogen and oxygen atoms in total. The highest BCUT2D eigenvalue weighted by atomic mass is 14.7. The van der Waals surface area contributed by atoms with Crippen LogP contribution in [0.5, 0.6) is 0 Å². The van der Waals surface area contributed by atoms with Crippen LogP contribution in [0.1, 0.15) is 40.0 Å². The molecule has 0 radical (unpaired) electrons. The molecule has 0 aliphatic heterocycles. The van der Waals surface area contributed by atoms with Crippen LogP contribution in [-0.4, -0.2) is 0 Å². The summed E-state index contributed by atoms with van der Waals surface area (Å²) in [6.45, 7) is 7.17. The Morgan fingerprint density at radius 2 is 2.11 bits per heavy atom. The highest BCUT2D eigenvalue weighted by Crippen LogP contribution is 2.77. The predicted octanol–water partition coefficient (Wildman–Crippen LogP) is 2.83. The molecule has 0 spiro atoms. The lowest BCUT2D eigenvalue weighted by Gasteiger charge is -2.41. The first kappa shape index (κ1) is 5.76. The molecule has 52 valence electrons. The molecular weight excluding hydrogens is 108 g/mol. The van der Waals surface area contributed by atoms with Crippen molar-refractivity contribution in [3.63, 3.8) is 0 Å². The smallest absolute Gasteiger partial charge is 0.0258 e. The Hall–Kier alpha value is 0. The Kier molecular flexibility index (Phi) is 0.774. The van der Waals surface area contributed by atoms with Gasteiger partial charge in [0, 0.05) is 0 Å². The highest BCUT2D eigenvalue weighted by molar-refractivity contribution is 5.18. The molecule has 0 heterocycles. The van der Waals surface area contributed by atoms with Gasteiger partial charge in [-0.3, -0.25) is 0 Å². The fraction of sp³-hybridized carbons (Fsp3) is 1.00. The maximum atomic E-state index is 2.42. The molecule has 0 heteroatoms. The van der Waals surface area contributed by atoms with E-state index in [4.69, 9.17) is 0 Å². The average molecular weight is 124 g/mol. The lowest BCUT2D eigenvalue weighted by Crippen LogP contribution is -2.33. The van der Waals surface area contributed by atoms with Crippen LogP contribution in [0.4, 0.5) is 0 Å². The van der Waals surface area contributed by atoms with Gasteiger partial charge in [0.15, 0.2) is 0 Å². The van der Waals surface area contributed by atoms with E-state index in [0.29, 0.717) is 0 Å². The van der Waals surface area contributed by atoms with E-state index in [1.165, 1.54) is 19.3 Å². The summed E-state index contributed by atoms with van der Waals surface area (Å²) in [4.78, 5) is 0. The molecule has 0 bridgehead atoms. The van der Waals surface area contributed by atoms with Gasteiger partial charge in [0.2, 0.25) is 0 Å². The largest absolute Gasteiger partial charge is 0.0648 e. The minimum absolute atomic E-state index is 0.718. The summed E-state index contributed by atoms with van der Waals surface area (Å²) in [7, 11) is 0. The SMILES string of the molecule is CCC12CC1C(C)(C)C2. The van der Waals surface area contributed by atoms with Crippen LogP contribution in [0.15, 0.2) is 0 Å². The maximum Gasteiger partial charge on any atom is -0.0258 e. The number of rotatable bonds is 1. The van der Waals surface area contributed by atoms with Crippen LogP contribution >= 0.6 is 0 Å². The van der Waals surface area contributed by atoms with Crippen molar-refractivity contribution in [2.24, 2.45) is 16.7 Å². The Balaban J connectivity index is 2.07. The second-order valence-electron chi connectivity index (χ2n) is 4.64. The van der Waals surface area contributed by atoms with Crippen molar-refractivity contribution in [3.05, 3.63) is 0 Å². The van der Waals surface area contributed by atoms with Gasteiger partial charge in [-0.05, 0) is 29.6 Å². The molecule has 2 unspecified atom stereocenters. The molecule has 0 N–H and O–H groups in total. The van der Waals surface area contributed by atoms with Crippen LogP contribution in [0.2, 0.25) is 0 Å². The standard InChI is InChI=1S/C9H16/c1-4-9-5-7(9)8(2,3)6-9/h7H,4-6H2,1-3H3. The predicted molar refractivity (Wildman–Crippen MR) is 39.2 cm³/mol. The zero-order valence-corrected chi connectivity index (χ0v) is 6.70. The zero-order valence-electron chi connectivity index (χ0n) is 6.70. The molecule has 2 rings (SSSR count). The molecule has 0 aromatic rings. The lowest BCUT2D eigenvalue weighted by molar-refractivity contribution is 0.0813. The fourth-order valence-electron chi connectivity index (χ4n) is 3.06. The topological polar surface area (TPSA) is 0 Å². The molecule has 2 saturated carbocycles. The molecule has 2 atom stereocenters. The number of hydrogen-bond acceptors (Lipinski definition) is 0. The summed E-state index contributed by atoms with van der Waals surface area (Å²) in [5, 5.41) is 0. The van der Waals surface area contributed by atoms with E-state index in [2.05, 4.69) is 20.8 Å². The van der Waals surface area contributed by atoms with Crippen molar-refractivity contribution in [1.29, 1.82) is 0 Å². The Bertz CT molecular complexity index is 146. The summed E-state index contributed by atoms with van der Waals surface area (Å²) in [5.41, 5.74) is 1.58. The average Bonchev–Trinajstić information content (AvgIpc) is 2.39. The molecular formula is C9H16. The van der Waals surface area contributed by atoms with Crippen LogP contribution < -0.4 is 0 Å². The molecule has 0 aromatic carbocycles. The Labute approximate surface area is 57.6 Å². The number of hydrogen-bond donors (Lipinski definition) is 0. The second-order valence-corrected chi connectivity index (χ2v) is 4.64.